The molecule has 0 saturated heterocycles. The lowest BCUT2D eigenvalue weighted by molar-refractivity contribution is 0.0697. The average molecular weight is 473 g/mol. The molecule has 0 unspecified atom stereocenters. The van der Waals surface area contributed by atoms with Crippen LogP contribution in [0.5, 0.6) is 11.6 Å². The fourth-order valence-electron chi connectivity index (χ4n) is 4.49. The van der Waals surface area contributed by atoms with Gasteiger partial charge in [-0.25, -0.2) is 14.5 Å². The Morgan fingerprint density at radius 3 is 2.66 bits per heavy atom. The van der Waals surface area contributed by atoms with Crippen molar-refractivity contribution >= 4 is 28.4 Å². The number of anilines is 2. The van der Waals surface area contributed by atoms with E-state index in [0.717, 1.165) is 48.1 Å². The molecule has 0 radical (unpaired) electrons. The fourth-order valence-corrected chi connectivity index (χ4v) is 4.49. The number of methoxy groups -OCH3 is 1. The van der Waals surface area contributed by atoms with Crippen LogP contribution in [0.2, 0.25) is 0 Å². The van der Waals surface area contributed by atoms with Gasteiger partial charge < -0.3 is 19.9 Å². The van der Waals surface area contributed by atoms with Gasteiger partial charge in [-0.05, 0) is 67.6 Å². The molecule has 2 aromatic heterocycles. The van der Waals surface area contributed by atoms with Gasteiger partial charge in [0.25, 0.3) is 0 Å². The molecule has 0 atom stereocenters. The van der Waals surface area contributed by atoms with Crippen LogP contribution in [0.3, 0.4) is 0 Å². The maximum atomic E-state index is 11.4. The van der Waals surface area contributed by atoms with Crippen LogP contribution in [-0.2, 0) is 6.54 Å². The minimum atomic E-state index is -0.970. The molecule has 4 aromatic rings. The van der Waals surface area contributed by atoms with E-state index in [-0.39, 0.29) is 11.7 Å². The molecule has 1 fully saturated rings. The predicted octanol–water partition coefficient (Wildman–Crippen LogP) is 5.64. The highest BCUT2D eigenvalue weighted by atomic mass is 16.5. The molecule has 8 heteroatoms. The first-order valence-electron chi connectivity index (χ1n) is 11.9. The third-order valence-corrected chi connectivity index (χ3v) is 6.31. The quantitative estimate of drug-likeness (QED) is 0.342. The monoisotopic (exact) mass is 472 g/mol. The number of hydrogen-bond donors (Lipinski definition) is 2. The second kappa shape index (κ2) is 10.0. The molecule has 0 amide bonds. The van der Waals surface area contributed by atoms with E-state index in [4.69, 9.17) is 14.6 Å². The van der Waals surface area contributed by atoms with Crippen LogP contribution in [-0.4, -0.2) is 39.1 Å². The summed E-state index contributed by atoms with van der Waals surface area (Å²) in [4.78, 5) is 16.1. The van der Waals surface area contributed by atoms with E-state index < -0.39 is 5.97 Å². The predicted molar refractivity (Wildman–Crippen MR) is 134 cm³/mol. The largest absolute Gasteiger partial charge is 0.497 e. The highest BCUT2D eigenvalue weighted by Crippen LogP contribution is 2.35. The number of carboxylic acid groups (broad SMARTS) is 1. The maximum absolute atomic E-state index is 11.4. The topological polar surface area (TPSA) is 98.5 Å². The normalized spacial score (nSPS) is 14.1. The van der Waals surface area contributed by atoms with Crippen molar-refractivity contribution in [2.24, 2.45) is 0 Å². The van der Waals surface area contributed by atoms with Crippen LogP contribution in [0.15, 0.2) is 60.8 Å². The van der Waals surface area contributed by atoms with E-state index in [1.807, 2.05) is 41.1 Å². The number of aromatic nitrogens is 3. The van der Waals surface area contributed by atoms with Crippen molar-refractivity contribution in [1.82, 2.24) is 14.8 Å². The van der Waals surface area contributed by atoms with Crippen LogP contribution >= 0.6 is 0 Å². The Morgan fingerprint density at radius 2 is 1.91 bits per heavy atom. The lowest BCUT2D eigenvalue weighted by atomic mass is 9.98. The number of aromatic carboxylic acids is 1. The molecule has 2 N–H and O–H groups in total. The van der Waals surface area contributed by atoms with E-state index in [2.05, 4.69) is 10.3 Å². The third-order valence-electron chi connectivity index (χ3n) is 6.31. The second-order valence-corrected chi connectivity index (χ2v) is 8.76. The van der Waals surface area contributed by atoms with E-state index in [1.165, 1.54) is 6.42 Å². The van der Waals surface area contributed by atoms with E-state index in [1.54, 1.807) is 31.5 Å². The molecule has 5 rings (SSSR count). The fraction of sp³-hybridized carbons (Fsp3) is 0.296. The van der Waals surface area contributed by atoms with Gasteiger partial charge in [0.05, 0.1) is 24.9 Å². The van der Waals surface area contributed by atoms with Gasteiger partial charge in [-0.15, -0.1) is 5.10 Å². The standard InChI is InChI=1S/C27H28N4O4/c1-34-21-12-10-18(11-13-21)17-31-25-24(26(30-31)35-22-8-3-2-4-9-22)23(14-15-28-25)29-20-7-5-6-19(16-20)27(32)33/h5-7,10-16,22H,2-4,8-9,17H2,1H3,(H,28,29)(H,32,33). The summed E-state index contributed by atoms with van der Waals surface area (Å²) in [5.41, 5.74) is 3.42. The van der Waals surface area contributed by atoms with Crippen molar-refractivity contribution in [3.63, 3.8) is 0 Å². The van der Waals surface area contributed by atoms with Gasteiger partial charge in [-0.3, -0.25) is 0 Å². The lowest BCUT2D eigenvalue weighted by Crippen LogP contribution is -2.20. The second-order valence-electron chi connectivity index (χ2n) is 8.76. The molecule has 0 bridgehead atoms. The van der Waals surface area contributed by atoms with Gasteiger partial charge in [-0.2, -0.15) is 0 Å². The summed E-state index contributed by atoms with van der Waals surface area (Å²) >= 11 is 0. The van der Waals surface area contributed by atoms with E-state index in [9.17, 15) is 9.90 Å². The molecule has 1 aliphatic carbocycles. The smallest absolute Gasteiger partial charge is 0.335 e. The number of hydrogen-bond acceptors (Lipinski definition) is 6. The number of ether oxygens (including phenoxy) is 2. The van der Waals surface area contributed by atoms with Crippen molar-refractivity contribution in [1.29, 1.82) is 0 Å². The molecule has 1 aliphatic rings. The van der Waals surface area contributed by atoms with E-state index in [0.29, 0.717) is 23.8 Å². The number of fused-ring (bicyclic) bond motifs is 1. The van der Waals surface area contributed by atoms with E-state index >= 15 is 0 Å². The summed E-state index contributed by atoms with van der Waals surface area (Å²) in [7, 11) is 1.65. The van der Waals surface area contributed by atoms with Gasteiger partial charge in [-0.1, -0.05) is 24.6 Å². The van der Waals surface area contributed by atoms with Gasteiger partial charge >= 0.3 is 5.97 Å². The van der Waals surface area contributed by atoms with Crippen molar-refractivity contribution < 1.29 is 19.4 Å². The number of carboxylic acids is 1. The zero-order valence-corrected chi connectivity index (χ0v) is 19.6. The Balaban J connectivity index is 1.53. The Kier molecular flexibility index (Phi) is 6.52. The highest BCUT2D eigenvalue weighted by molar-refractivity contribution is 5.96. The number of carbonyl (C=O) groups is 1. The number of benzene rings is 2. The van der Waals surface area contributed by atoms with Gasteiger partial charge in [0.1, 0.15) is 17.2 Å². The lowest BCUT2D eigenvalue weighted by Gasteiger charge is -2.22. The van der Waals surface area contributed by atoms with Crippen molar-refractivity contribution in [3.8, 4) is 11.6 Å². The Bertz CT molecular complexity index is 1330. The number of pyridine rings is 1. The Labute approximate surface area is 203 Å². The molecule has 1 saturated carbocycles. The van der Waals surface area contributed by atoms with Crippen LogP contribution in [0.4, 0.5) is 11.4 Å². The van der Waals surface area contributed by atoms with Crippen LogP contribution in [0.25, 0.3) is 11.0 Å². The SMILES string of the molecule is COc1ccc(Cn2nc(OC3CCCCC3)c3c(Nc4cccc(C(=O)O)c4)ccnc32)cc1. The van der Waals surface area contributed by atoms with Crippen LogP contribution in [0, 0.1) is 0 Å². The summed E-state index contributed by atoms with van der Waals surface area (Å²) in [6.07, 6.45) is 7.41. The summed E-state index contributed by atoms with van der Waals surface area (Å²) in [5, 5.41) is 18.4. The molecular weight excluding hydrogens is 444 g/mol. The first-order valence-corrected chi connectivity index (χ1v) is 11.9. The molecule has 0 aliphatic heterocycles. The molecule has 2 aromatic carbocycles. The zero-order chi connectivity index (χ0) is 24.2. The zero-order valence-electron chi connectivity index (χ0n) is 19.6. The van der Waals surface area contributed by atoms with Gasteiger partial charge in [0.2, 0.25) is 5.88 Å². The summed E-state index contributed by atoms with van der Waals surface area (Å²) < 4.78 is 13.6. The average Bonchev–Trinajstić information content (AvgIpc) is 3.23. The third kappa shape index (κ3) is 5.06. The molecule has 35 heavy (non-hydrogen) atoms. The first-order chi connectivity index (χ1) is 17.1. The van der Waals surface area contributed by atoms with Gasteiger partial charge in [0, 0.05) is 11.9 Å². The number of rotatable bonds is 8. The Hall–Kier alpha value is -4.07. The van der Waals surface area contributed by atoms with Crippen molar-refractivity contribution in [2.75, 3.05) is 12.4 Å². The molecule has 0 spiro atoms. The number of nitrogens with zero attached hydrogens (tertiary/aromatic N) is 3. The summed E-state index contributed by atoms with van der Waals surface area (Å²) in [5.74, 6) is 0.376. The van der Waals surface area contributed by atoms with Crippen molar-refractivity contribution in [3.05, 3.63) is 71.9 Å². The number of nitrogens with one attached hydrogen (secondary N) is 1. The Morgan fingerprint density at radius 1 is 1.11 bits per heavy atom. The maximum Gasteiger partial charge on any atom is 0.335 e. The minimum absolute atomic E-state index is 0.125. The highest BCUT2D eigenvalue weighted by Gasteiger charge is 2.22. The van der Waals surface area contributed by atoms with Crippen LogP contribution < -0.4 is 14.8 Å². The summed E-state index contributed by atoms with van der Waals surface area (Å²) in [6, 6.07) is 16.5. The molecule has 180 valence electrons. The molecule has 8 nitrogen and oxygen atoms in total. The van der Waals surface area contributed by atoms with Crippen molar-refractivity contribution in [2.45, 2.75) is 44.8 Å². The molecular formula is C27H28N4O4. The minimum Gasteiger partial charge on any atom is -0.497 e. The van der Waals surface area contributed by atoms with Gasteiger partial charge in [0.15, 0.2) is 5.65 Å². The van der Waals surface area contributed by atoms with Crippen LogP contribution in [0.1, 0.15) is 48.0 Å². The first kappa shape index (κ1) is 22.7. The summed E-state index contributed by atoms with van der Waals surface area (Å²) in [6.45, 7) is 0.527. The molecule has 2 heterocycles.